The molecule has 0 aliphatic rings. The molecule has 0 spiro atoms. The summed E-state index contributed by atoms with van der Waals surface area (Å²) in [7, 11) is 0. The molecule has 126 valence electrons. The third-order valence-electron chi connectivity index (χ3n) is 2.31. The van der Waals surface area contributed by atoms with Gasteiger partial charge in [0.1, 0.15) is 0 Å². The first-order chi connectivity index (χ1) is 9.89. The van der Waals surface area contributed by atoms with Gasteiger partial charge in [0.2, 0.25) is 0 Å². The van der Waals surface area contributed by atoms with Crippen molar-refractivity contribution in [2.45, 2.75) is 27.7 Å². The van der Waals surface area contributed by atoms with Crippen LogP contribution in [0.5, 0.6) is 0 Å². The second kappa shape index (κ2) is 16.1. The molecule has 0 aromatic rings. The number of allylic oxidation sites excluding steroid dienone is 4. The van der Waals surface area contributed by atoms with E-state index in [0.29, 0.717) is 21.2 Å². The zero-order valence-electron chi connectivity index (χ0n) is 14.3. The van der Waals surface area contributed by atoms with Gasteiger partial charge in [0, 0.05) is 11.4 Å². The molecule has 0 radical (unpaired) electrons. The minimum absolute atomic E-state index is 0.514. The molecule has 0 rings (SSSR count). The Morgan fingerprint density at radius 3 is 0.955 bits per heavy atom. The molecule has 0 bridgehead atoms. The lowest BCUT2D eigenvalue weighted by Crippen LogP contribution is -1.95. The molecule has 22 heavy (non-hydrogen) atoms. The minimum Gasteiger partial charge on any atom is -0.399 e. The van der Waals surface area contributed by atoms with Crippen molar-refractivity contribution in [2.75, 3.05) is 0 Å². The molecular weight excluding hydrogens is 308 g/mol. The zero-order valence-corrected chi connectivity index (χ0v) is 16.1. The van der Waals surface area contributed by atoms with Crippen LogP contribution in [-0.4, -0.2) is 0 Å². The van der Waals surface area contributed by atoms with Gasteiger partial charge in [0.05, 0.1) is 0 Å². The highest BCUT2D eigenvalue weighted by atomic mass is 32.1. The molecule has 0 amide bonds. The SMILES string of the molecule is C=C(N)/C=C\C(=C)S.C=C(N)/C=C\C(=C)S.CC(C)C(C)C. The molecule has 0 fully saturated rings. The van der Waals surface area contributed by atoms with E-state index in [2.05, 4.69) is 79.3 Å². The molecule has 0 unspecified atom stereocenters. The van der Waals surface area contributed by atoms with Crippen molar-refractivity contribution in [3.05, 3.63) is 71.8 Å². The normalized spacial score (nSPS) is 10.0. The fourth-order valence-corrected chi connectivity index (χ4v) is 0.556. The maximum Gasteiger partial charge on any atom is 0.0241 e. The van der Waals surface area contributed by atoms with Gasteiger partial charge in [-0.15, -0.1) is 25.3 Å². The van der Waals surface area contributed by atoms with Gasteiger partial charge in [-0.1, -0.05) is 54.0 Å². The maximum absolute atomic E-state index is 5.18. The molecule has 0 heterocycles. The van der Waals surface area contributed by atoms with Gasteiger partial charge in [-0.3, -0.25) is 0 Å². The van der Waals surface area contributed by atoms with Gasteiger partial charge in [-0.25, -0.2) is 0 Å². The smallest absolute Gasteiger partial charge is 0.0241 e. The topological polar surface area (TPSA) is 52.0 Å². The van der Waals surface area contributed by atoms with Crippen molar-refractivity contribution in [1.82, 2.24) is 0 Å². The lowest BCUT2D eigenvalue weighted by Gasteiger charge is -2.05. The van der Waals surface area contributed by atoms with E-state index in [-0.39, 0.29) is 0 Å². The van der Waals surface area contributed by atoms with Gasteiger partial charge in [-0.2, -0.15) is 0 Å². The lowest BCUT2D eigenvalue weighted by atomic mass is 10.0. The molecule has 0 aromatic heterocycles. The Morgan fingerprint density at radius 1 is 0.682 bits per heavy atom. The van der Waals surface area contributed by atoms with Crippen LogP contribution in [0, 0.1) is 11.8 Å². The van der Waals surface area contributed by atoms with E-state index in [9.17, 15) is 0 Å². The summed E-state index contributed by atoms with van der Waals surface area (Å²) >= 11 is 7.79. The predicted octanol–water partition coefficient (Wildman–Crippen LogP) is 5.22. The third-order valence-corrected chi connectivity index (χ3v) is 2.61. The van der Waals surface area contributed by atoms with Gasteiger partial charge < -0.3 is 11.5 Å². The summed E-state index contributed by atoms with van der Waals surface area (Å²) in [5.74, 6) is 1.70. The molecule has 4 heteroatoms. The average Bonchev–Trinajstić information content (AvgIpc) is 2.35. The van der Waals surface area contributed by atoms with E-state index in [4.69, 9.17) is 11.5 Å². The van der Waals surface area contributed by atoms with E-state index in [1.807, 2.05) is 0 Å². The van der Waals surface area contributed by atoms with Gasteiger partial charge in [-0.05, 0) is 46.0 Å². The van der Waals surface area contributed by atoms with E-state index in [1.54, 1.807) is 24.3 Å². The minimum atomic E-state index is 0.514. The molecule has 2 nitrogen and oxygen atoms in total. The Kier molecular flexibility index (Phi) is 18.8. The Morgan fingerprint density at radius 2 is 0.909 bits per heavy atom. The molecule has 4 N–H and O–H groups in total. The Bertz CT molecular complexity index is 345. The largest absolute Gasteiger partial charge is 0.399 e. The van der Waals surface area contributed by atoms with E-state index in [1.165, 1.54) is 0 Å². The third kappa shape index (κ3) is 36.3. The second-order valence-corrected chi connectivity index (χ2v) is 6.44. The number of nitrogens with two attached hydrogens (primary N) is 2. The fourth-order valence-electron chi connectivity index (χ4n) is 0.406. The summed E-state index contributed by atoms with van der Waals surface area (Å²) in [6.07, 6.45) is 6.67. The van der Waals surface area contributed by atoms with Crippen LogP contribution in [0.3, 0.4) is 0 Å². The maximum atomic E-state index is 5.18. The second-order valence-electron chi connectivity index (χ2n) is 5.29. The summed E-state index contributed by atoms with van der Waals surface area (Å²) in [6, 6.07) is 0. The standard InChI is InChI=1S/2C6H9NS.C6H14/c2*1-5(7)3-4-6(2)8;1-5(2)6(3)4/h2*3-4,8H,1-2,7H2;5-6H,1-4H3/b2*4-3-;. The Hall–Kier alpha value is -1.26. The van der Waals surface area contributed by atoms with Crippen LogP contribution in [0.15, 0.2) is 71.8 Å². The molecule has 0 saturated heterocycles. The zero-order chi connectivity index (χ0) is 18.3. The van der Waals surface area contributed by atoms with Crippen LogP contribution >= 0.6 is 25.3 Å². The van der Waals surface area contributed by atoms with Crippen LogP contribution < -0.4 is 11.5 Å². The highest BCUT2D eigenvalue weighted by Gasteiger charge is 1.95. The summed E-state index contributed by atoms with van der Waals surface area (Å²) in [4.78, 5) is 1.35. The van der Waals surface area contributed by atoms with Gasteiger partial charge >= 0.3 is 0 Å². The van der Waals surface area contributed by atoms with Crippen LogP contribution in [0.1, 0.15) is 27.7 Å². The Balaban J connectivity index is -0.000000249. The van der Waals surface area contributed by atoms with Crippen LogP contribution in [0.4, 0.5) is 0 Å². The number of hydrogen-bond acceptors (Lipinski definition) is 4. The van der Waals surface area contributed by atoms with Gasteiger partial charge in [0.25, 0.3) is 0 Å². The summed E-state index contributed by atoms with van der Waals surface area (Å²) in [5.41, 5.74) is 11.4. The molecule has 0 aliphatic heterocycles. The predicted molar refractivity (Wildman–Crippen MR) is 111 cm³/mol. The van der Waals surface area contributed by atoms with Crippen molar-refractivity contribution < 1.29 is 0 Å². The summed E-state index contributed by atoms with van der Waals surface area (Å²) < 4.78 is 0. The average molecular weight is 341 g/mol. The van der Waals surface area contributed by atoms with Crippen LogP contribution in [0.2, 0.25) is 0 Å². The molecule has 0 atom stereocenters. The van der Waals surface area contributed by atoms with Gasteiger partial charge in [0.15, 0.2) is 0 Å². The first-order valence-corrected chi connectivity index (χ1v) is 7.80. The fraction of sp³-hybridized carbons (Fsp3) is 0.333. The van der Waals surface area contributed by atoms with Crippen LogP contribution in [0.25, 0.3) is 0 Å². The highest BCUT2D eigenvalue weighted by Crippen LogP contribution is 2.05. The first kappa shape index (κ1) is 25.7. The highest BCUT2D eigenvalue weighted by molar-refractivity contribution is 7.84. The number of thiol groups is 2. The quantitative estimate of drug-likeness (QED) is 0.410. The molecule has 0 aromatic carbocycles. The van der Waals surface area contributed by atoms with Crippen molar-refractivity contribution in [1.29, 1.82) is 0 Å². The van der Waals surface area contributed by atoms with E-state index >= 15 is 0 Å². The molecule has 0 saturated carbocycles. The summed E-state index contributed by atoms with van der Waals surface area (Å²) in [5, 5.41) is 0. The van der Waals surface area contributed by atoms with Crippen molar-refractivity contribution in [3.8, 4) is 0 Å². The molecule has 0 aliphatic carbocycles. The first-order valence-electron chi connectivity index (χ1n) is 6.90. The summed E-state index contributed by atoms with van der Waals surface area (Å²) in [6.45, 7) is 22.9. The monoisotopic (exact) mass is 340 g/mol. The number of rotatable bonds is 5. The van der Waals surface area contributed by atoms with E-state index in [0.717, 1.165) is 11.8 Å². The van der Waals surface area contributed by atoms with E-state index < -0.39 is 0 Å². The van der Waals surface area contributed by atoms with Crippen molar-refractivity contribution >= 4 is 25.3 Å². The Labute approximate surface area is 148 Å². The van der Waals surface area contributed by atoms with Crippen molar-refractivity contribution in [3.63, 3.8) is 0 Å². The van der Waals surface area contributed by atoms with Crippen molar-refractivity contribution in [2.24, 2.45) is 23.3 Å². The number of hydrogen-bond donors (Lipinski definition) is 4. The molecular formula is C18H32N2S2. The van der Waals surface area contributed by atoms with Crippen LogP contribution in [-0.2, 0) is 0 Å². The lowest BCUT2D eigenvalue weighted by molar-refractivity contribution is 0.457.